The minimum Gasteiger partial charge on any atom is -0.490 e. The van der Waals surface area contributed by atoms with Crippen LogP contribution in [0.2, 0.25) is 0 Å². The van der Waals surface area contributed by atoms with Gasteiger partial charge in [0.15, 0.2) is 4.32 Å². The molecular weight excluding hydrogens is 469 g/mol. The van der Waals surface area contributed by atoms with Gasteiger partial charge in [0.05, 0.1) is 10.6 Å². The predicted octanol–water partition coefficient (Wildman–Crippen LogP) is 6.61. The number of thiocarbonyl (C=S) groups is 1. The van der Waals surface area contributed by atoms with Crippen LogP contribution in [-0.4, -0.2) is 23.4 Å². The molecule has 0 bridgehead atoms. The summed E-state index contributed by atoms with van der Waals surface area (Å²) in [5.74, 6) is 0.768. The third kappa shape index (κ3) is 5.48. The molecule has 0 spiro atoms. The molecule has 174 valence electrons. The van der Waals surface area contributed by atoms with Crippen molar-refractivity contribution in [1.29, 1.82) is 0 Å². The molecule has 0 aromatic heterocycles. The van der Waals surface area contributed by atoms with Crippen molar-refractivity contribution in [3.8, 4) is 11.5 Å². The fourth-order valence-electron chi connectivity index (χ4n) is 3.62. The van der Waals surface area contributed by atoms with Crippen LogP contribution in [0.4, 0.5) is 10.1 Å². The lowest BCUT2D eigenvalue weighted by molar-refractivity contribution is -0.113. The van der Waals surface area contributed by atoms with E-state index in [1.807, 2.05) is 51.1 Å². The van der Waals surface area contributed by atoms with Crippen LogP contribution >= 0.6 is 24.0 Å². The predicted molar refractivity (Wildman–Crippen MR) is 140 cm³/mol. The molecule has 1 aliphatic rings. The number of carbonyl (C=O) groups is 1. The fourth-order valence-corrected chi connectivity index (χ4v) is 4.91. The Kier molecular flexibility index (Phi) is 7.34. The smallest absolute Gasteiger partial charge is 0.270 e. The Morgan fingerprint density at radius 3 is 2.32 bits per heavy atom. The highest BCUT2D eigenvalue weighted by atomic mass is 32.2. The van der Waals surface area contributed by atoms with E-state index in [9.17, 15) is 9.18 Å². The highest BCUT2D eigenvalue weighted by Gasteiger charge is 2.33. The average Bonchev–Trinajstić information content (AvgIpc) is 3.06. The van der Waals surface area contributed by atoms with Gasteiger partial charge in [-0.05, 0) is 68.8 Å². The van der Waals surface area contributed by atoms with E-state index in [0.717, 1.165) is 22.4 Å². The van der Waals surface area contributed by atoms with Crippen LogP contribution in [0.25, 0.3) is 6.08 Å². The van der Waals surface area contributed by atoms with Gasteiger partial charge in [-0.3, -0.25) is 9.69 Å². The van der Waals surface area contributed by atoms with Gasteiger partial charge in [0.25, 0.3) is 5.91 Å². The zero-order valence-electron chi connectivity index (χ0n) is 19.1. The summed E-state index contributed by atoms with van der Waals surface area (Å²) in [5, 5.41) is 0. The van der Waals surface area contributed by atoms with E-state index >= 15 is 0 Å². The summed E-state index contributed by atoms with van der Waals surface area (Å²) in [7, 11) is 0. The van der Waals surface area contributed by atoms with Gasteiger partial charge in [-0.15, -0.1) is 0 Å². The van der Waals surface area contributed by atoms with Gasteiger partial charge < -0.3 is 9.47 Å². The van der Waals surface area contributed by atoms with E-state index in [4.69, 9.17) is 21.7 Å². The number of ether oxygens (including phenoxy) is 2. The second kappa shape index (κ2) is 10.4. The molecular formula is C27H24FNO3S2. The molecule has 4 rings (SSSR count). The molecule has 4 nitrogen and oxygen atoms in total. The molecule has 0 atom stereocenters. The van der Waals surface area contributed by atoms with Crippen molar-refractivity contribution in [1.82, 2.24) is 0 Å². The minimum atomic E-state index is -0.423. The fraction of sp³-hybridized carbons (Fsp3) is 0.185. The lowest BCUT2D eigenvalue weighted by Gasteiger charge is -2.14. The highest BCUT2D eigenvalue weighted by molar-refractivity contribution is 8.27. The molecule has 1 saturated heterocycles. The second-order valence-corrected chi connectivity index (χ2v) is 9.68. The minimum absolute atomic E-state index is 0.286. The van der Waals surface area contributed by atoms with Gasteiger partial charge in [0.2, 0.25) is 0 Å². The number of nitrogens with zero attached hydrogens (tertiary/aromatic N) is 1. The summed E-state index contributed by atoms with van der Waals surface area (Å²) >= 11 is 6.59. The Morgan fingerprint density at radius 2 is 1.62 bits per heavy atom. The van der Waals surface area contributed by atoms with Crippen LogP contribution in [0.3, 0.4) is 0 Å². The Morgan fingerprint density at radius 1 is 0.941 bits per heavy atom. The average molecular weight is 494 g/mol. The number of hydrogen-bond donors (Lipinski definition) is 0. The monoisotopic (exact) mass is 493 g/mol. The maximum Gasteiger partial charge on any atom is 0.270 e. The Labute approximate surface area is 208 Å². The molecule has 1 fully saturated rings. The quantitative estimate of drug-likeness (QED) is 0.210. The summed E-state index contributed by atoms with van der Waals surface area (Å²) in [6, 6.07) is 17.7. The summed E-state index contributed by atoms with van der Waals surface area (Å²) in [6.07, 6.45) is 1.77. The molecule has 1 amide bonds. The Balaban J connectivity index is 1.48. The van der Waals surface area contributed by atoms with Crippen molar-refractivity contribution < 1.29 is 18.7 Å². The molecule has 0 unspecified atom stereocenters. The van der Waals surface area contributed by atoms with E-state index in [-0.39, 0.29) is 5.91 Å². The SMILES string of the molecule is Cc1ccc(OCCOc2ccc(C)cc2/C=C2\SC(=S)N(c3cccc(F)c3)C2=O)c(C)c1. The van der Waals surface area contributed by atoms with E-state index < -0.39 is 5.82 Å². The number of benzene rings is 3. The lowest BCUT2D eigenvalue weighted by Crippen LogP contribution is -2.27. The molecule has 1 aliphatic heterocycles. The first-order valence-corrected chi connectivity index (χ1v) is 12.0. The number of anilines is 1. The zero-order valence-corrected chi connectivity index (χ0v) is 20.8. The molecule has 3 aromatic carbocycles. The van der Waals surface area contributed by atoms with Crippen LogP contribution in [0.5, 0.6) is 11.5 Å². The standard InChI is InChI=1S/C27H24FNO3S2/c1-17-7-9-23(19(3)13-17)31-11-12-32-24-10-8-18(2)14-20(24)15-25-26(30)29(27(33)34-25)22-6-4-5-21(28)16-22/h4-10,13-16H,11-12H2,1-3H3/b25-15-. The van der Waals surface area contributed by atoms with Crippen molar-refractivity contribution in [2.75, 3.05) is 18.1 Å². The molecule has 0 N–H and O–H groups in total. The van der Waals surface area contributed by atoms with Crippen molar-refractivity contribution >= 4 is 46.0 Å². The lowest BCUT2D eigenvalue weighted by atomic mass is 10.1. The summed E-state index contributed by atoms with van der Waals surface area (Å²) < 4.78 is 25.9. The molecule has 34 heavy (non-hydrogen) atoms. The maximum atomic E-state index is 13.7. The van der Waals surface area contributed by atoms with Crippen molar-refractivity contribution in [3.63, 3.8) is 0 Å². The number of halogens is 1. The molecule has 7 heteroatoms. The first kappa shape index (κ1) is 24.0. The third-order valence-electron chi connectivity index (χ3n) is 5.24. The topological polar surface area (TPSA) is 38.8 Å². The van der Waals surface area contributed by atoms with Gasteiger partial charge >= 0.3 is 0 Å². The van der Waals surface area contributed by atoms with E-state index in [1.165, 1.54) is 34.4 Å². The van der Waals surface area contributed by atoms with E-state index in [1.54, 1.807) is 18.2 Å². The summed E-state index contributed by atoms with van der Waals surface area (Å²) in [5.41, 5.74) is 4.48. The maximum absolute atomic E-state index is 13.7. The Bertz CT molecular complexity index is 1290. The highest BCUT2D eigenvalue weighted by Crippen LogP contribution is 2.37. The zero-order chi connectivity index (χ0) is 24.2. The van der Waals surface area contributed by atoms with Crippen LogP contribution in [0.15, 0.2) is 65.6 Å². The van der Waals surface area contributed by atoms with Crippen molar-refractivity contribution in [2.45, 2.75) is 20.8 Å². The van der Waals surface area contributed by atoms with Crippen molar-refractivity contribution in [2.24, 2.45) is 0 Å². The molecule has 0 radical (unpaired) electrons. The van der Waals surface area contributed by atoms with Gasteiger partial charge in [0.1, 0.15) is 30.5 Å². The van der Waals surface area contributed by atoms with Gasteiger partial charge in [-0.1, -0.05) is 59.4 Å². The van der Waals surface area contributed by atoms with Crippen molar-refractivity contribution in [3.05, 3.63) is 93.6 Å². The van der Waals surface area contributed by atoms with Gasteiger partial charge in [-0.2, -0.15) is 0 Å². The second-order valence-electron chi connectivity index (χ2n) is 8.00. The largest absolute Gasteiger partial charge is 0.490 e. The first-order chi connectivity index (χ1) is 16.3. The number of rotatable bonds is 7. The van der Waals surface area contributed by atoms with E-state index in [0.29, 0.717) is 33.9 Å². The van der Waals surface area contributed by atoms with Crippen LogP contribution < -0.4 is 14.4 Å². The Hall–Kier alpha value is -3.16. The molecule has 1 heterocycles. The van der Waals surface area contributed by atoms with Crippen LogP contribution in [0.1, 0.15) is 22.3 Å². The molecule has 3 aromatic rings. The number of aryl methyl sites for hydroxylation is 3. The summed E-state index contributed by atoms with van der Waals surface area (Å²) in [4.78, 5) is 14.9. The first-order valence-electron chi connectivity index (χ1n) is 10.8. The van der Waals surface area contributed by atoms with E-state index in [2.05, 4.69) is 6.07 Å². The molecule has 0 saturated carbocycles. The van der Waals surface area contributed by atoms with Gasteiger partial charge in [-0.25, -0.2) is 4.39 Å². The number of carbonyl (C=O) groups excluding carboxylic acids is 1. The summed E-state index contributed by atoms with van der Waals surface area (Å²) in [6.45, 7) is 6.77. The number of amides is 1. The van der Waals surface area contributed by atoms with Gasteiger partial charge in [0, 0.05) is 5.56 Å². The number of thioether (sulfide) groups is 1. The van der Waals surface area contributed by atoms with Crippen LogP contribution in [-0.2, 0) is 4.79 Å². The molecule has 0 aliphatic carbocycles. The normalized spacial score (nSPS) is 14.7. The third-order valence-corrected chi connectivity index (χ3v) is 6.54. The van der Waals surface area contributed by atoms with Crippen LogP contribution in [0, 0.1) is 26.6 Å². The number of hydrogen-bond acceptors (Lipinski definition) is 5.